The summed E-state index contributed by atoms with van der Waals surface area (Å²) in [6.45, 7) is 6.15. The molecule has 3 heterocycles. The first kappa shape index (κ1) is 40.4. The average molecular weight is 783 g/mol. The Bertz CT molecular complexity index is 2370. The van der Waals surface area contributed by atoms with Crippen molar-refractivity contribution in [3.05, 3.63) is 92.5 Å². The number of rotatable bonds is 13. The number of halogens is 3. The summed E-state index contributed by atoms with van der Waals surface area (Å²) in [5.41, 5.74) is -3.76. The molecular formula is C35H37F3N10O8. The highest BCUT2D eigenvalue weighted by Gasteiger charge is 2.35. The van der Waals surface area contributed by atoms with E-state index in [9.17, 15) is 41.9 Å². The van der Waals surface area contributed by atoms with Crippen LogP contribution in [0.1, 0.15) is 62.3 Å². The predicted molar refractivity (Wildman–Crippen MR) is 192 cm³/mol. The van der Waals surface area contributed by atoms with E-state index in [1.165, 1.54) is 25.4 Å². The molecule has 0 radical (unpaired) electrons. The van der Waals surface area contributed by atoms with E-state index in [0.29, 0.717) is 29.4 Å². The molecule has 0 saturated heterocycles. The van der Waals surface area contributed by atoms with E-state index in [-0.39, 0.29) is 48.9 Å². The number of tetrazole rings is 1. The van der Waals surface area contributed by atoms with E-state index in [0.717, 1.165) is 20.0 Å². The molecule has 21 heteroatoms. The van der Waals surface area contributed by atoms with Gasteiger partial charge in [0.05, 0.1) is 34.6 Å². The number of carbonyl (C=O) groups excluding carboxylic acids is 4. The van der Waals surface area contributed by atoms with Crippen molar-refractivity contribution in [3.8, 4) is 11.4 Å². The van der Waals surface area contributed by atoms with Gasteiger partial charge in [-0.2, -0.15) is 13.2 Å². The van der Waals surface area contributed by atoms with Crippen molar-refractivity contribution >= 4 is 40.6 Å². The molecule has 2 aromatic carbocycles. The second kappa shape index (κ2) is 16.7. The summed E-state index contributed by atoms with van der Waals surface area (Å²) in [5, 5.41) is 19.6. The number of benzene rings is 2. The van der Waals surface area contributed by atoms with Crippen LogP contribution in [0.3, 0.4) is 0 Å². The van der Waals surface area contributed by atoms with E-state index in [1.807, 2.05) is 0 Å². The van der Waals surface area contributed by atoms with Crippen molar-refractivity contribution in [1.82, 2.24) is 45.0 Å². The zero-order valence-corrected chi connectivity index (χ0v) is 30.5. The number of aromatic nitrogens is 7. The van der Waals surface area contributed by atoms with Crippen LogP contribution in [0.2, 0.25) is 0 Å². The van der Waals surface area contributed by atoms with Crippen molar-refractivity contribution in [2.45, 2.75) is 65.4 Å². The molecule has 0 saturated carbocycles. The third-order valence-corrected chi connectivity index (χ3v) is 7.72. The van der Waals surface area contributed by atoms with Gasteiger partial charge in [0, 0.05) is 37.6 Å². The largest absolute Gasteiger partial charge is 0.465 e. The van der Waals surface area contributed by atoms with Crippen LogP contribution >= 0.6 is 0 Å². The number of esters is 1. The number of hydrogen-bond acceptors (Lipinski definition) is 11. The Labute approximate surface area is 315 Å². The number of fused-ring (bicyclic) bond motifs is 1. The lowest BCUT2D eigenvalue weighted by Crippen LogP contribution is -2.38. The van der Waals surface area contributed by atoms with Crippen LogP contribution in [0.5, 0.6) is 0 Å². The smallest absolute Gasteiger partial charge is 0.418 e. The molecule has 0 aliphatic rings. The Morgan fingerprint density at radius 1 is 0.982 bits per heavy atom. The van der Waals surface area contributed by atoms with Crippen molar-refractivity contribution in [2.75, 3.05) is 18.5 Å². The molecular weight excluding hydrogens is 745 g/mol. The second-order valence-electron chi connectivity index (χ2n) is 13.2. The molecule has 4 N–H and O–H groups in total. The fourth-order valence-corrected chi connectivity index (χ4v) is 5.27. The van der Waals surface area contributed by atoms with Gasteiger partial charge < -0.3 is 35.0 Å². The van der Waals surface area contributed by atoms with Crippen LogP contribution in [0.15, 0.2) is 64.4 Å². The molecule has 3 amide bonds. The summed E-state index contributed by atoms with van der Waals surface area (Å²) in [6, 6.07) is 9.51. The molecule has 18 nitrogen and oxygen atoms in total. The normalized spacial score (nSPS) is 11.6. The monoisotopic (exact) mass is 782 g/mol. The van der Waals surface area contributed by atoms with E-state index >= 15 is 0 Å². The molecule has 0 atom stereocenters. The quantitative estimate of drug-likeness (QED) is 0.0771. The fraction of sp³-hybridized carbons (Fsp3) is 0.343. The van der Waals surface area contributed by atoms with E-state index in [4.69, 9.17) is 9.47 Å². The second-order valence-corrected chi connectivity index (χ2v) is 13.2. The lowest BCUT2D eigenvalue weighted by atomic mass is 10.1. The maximum Gasteiger partial charge on any atom is 0.418 e. The van der Waals surface area contributed by atoms with Crippen LogP contribution < -0.4 is 27.1 Å². The maximum absolute atomic E-state index is 14.2. The topological polar surface area (TPSA) is 226 Å². The summed E-state index contributed by atoms with van der Waals surface area (Å²) in [6.07, 6.45) is -2.29. The van der Waals surface area contributed by atoms with Gasteiger partial charge in [0.15, 0.2) is 0 Å². The van der Waals surface area contributed by atoms with Crippen LogP contribution in [0.25, 0.3) is 22.4 Å². The van der Waals surface area contributed by atoms with Gasteiger partial charge in [-0.1, -0.05) is 0 Å². The zero-order chi connectivity index (χ0) is 40.8. The molecule has 5 aromatic rings. The summed E-state index contributed by atoms with van der Waals surface area (Å²) in [4.78, 5) is 77.2. The number of aromatic amines is 1. The Hall–Kier alpha value is -6.80. The Balaban J connectivity index is 1.21. The predicted octanol–water partition coefficient (Wildman–Crippen LogP) is 3.21. The van der Waals surface area contributed by atoms with Crippen LogP contribution in [-0.4, -0.2) is 77.0 Å². The van der Waals surface area contributed by atoms with Crippen LogP contribution in [0.4, 0.5) is 23.7 Å². The molecule has 0 aliphatic heterocycles. The zero-order valence-electron chi connectivity index (χ0n) is 30.5. The summed E-state index contributed by atoms with van der Waals surface area (Å²) in [5.74, 6) is -2.17. The first-order valence-corrected chi connectivity index (χ1v) is 17.1. The lowest BCUT2D eigenvalue weighted by Gasteiger charge is -2.19. The third kappa shape index (κ3) is 10.2. The number of anilines is 1. The Morgan fingerprint density at radius 3 is 2.39 bits per heavy atom. The van der Waals surface area contributed by atoms with Gasteiger partial charge in [0.25, 0.3) is 11.7 Å². The van der Waals surface area contributed by atoms with Gasteiger partial charge in [-0.15, -0.1) is 15.0 Å². The summed E-state index contributed by atoms with van der Waals surface area (Å²) < 4.78 is 54.6. The summed E-state index contributed by atoms with van der Waals surface area (Å²) >= 11 is 0. The maximum atomic E-state index is 14.2. The number of alkyl halides is 3. The number of nitrogens with one attached hydrogen (secondary N) is 4. The SMILES string of the molecule is CCOC(=O)Cn1c(=O)c(=O)[nH]c2cc(C(F)(F)F)c(-n3ccc(CNC(=O)c4nnn(-c5ccc(NC(=O)CCCNC(=O)OC(C)(C)C)cc5)n4)c3)cc21. The van der Waals surface area contributed by atoms with Crippen molar-refractivity contribution < 1.29 is 41.8 Å². The molecule has 0 fully saturated rings. The minimum Gasteiger partial charge on any atom is -0.465 e. The van der Waals surface area contributed by atoms with Gasteiger partial charge in [0.1, 0.15) is 12.1 Å². The van der Waals surface area contributed by atoms with E-state index < -0.39 is 58.7 Å². The number of ether oxygens (including phenoxy) is 2. The van der Waals surface area contributed by atoms with Gasteiger partial charge in [-0.05, 0) is 87.4 Å². The molecule has 0 aliphatic carbocycles. The fourth-order valence-electron chi connectivity index (χ4n) is 5.27. The molecule has 0 spiro atoms. The van der Waals surface area contributed by atoms with Crippen molar-refractivity contribution in [1.29, 1.82) is 0 Å². The number of nitrogens with zero attached hydrogens (tertiary/aromatic N) is 6. The van der Waals surface area contributed by atoms with E-state index in [1.54, 1.807) is 45.0 Å². The molecule has 296 valence electrons. The number of H-pyrrole nitrogens is 1. The molecule has 0 unspecified atom stereocenters. The standard InChI is InChI=1S/C35H37F3N10O8/c1-5-55-28(50)19-47-26-16-25(23(35(36,37)38)15-24(26)42-31(52)32(47)53)46-14-12-20(18-46)17-40-30(51)29-43-45-48(44-29)22-10-8-21(9-11-22)41-27(49)7-6-13-39-33(54)56-34(2,3)4/h8-12,14-16,18H,5-7,13,17,19H2,1-4H3,(H,39,54)(H,40,51)(H,41,49)(H,42,52). The number of alkyl carbamates (subject to hydrolysis) is 1. The average Bonchev–Trinajstić information content (AvgIpc) is 3.81. The van der Waals surface area contributed by atoms with Crippen molar-refractivity contribution in [3.63, 3.8) is 0 Å². The molecule has 3 aromatic heterocycles. The van der Waals surface area contributed by atoms with Gasteiger partial charge in [-0.3, -0.25) is 28.5 Å². The number of carbonyl (C=O) groups is 4. The minimum atomic E-state index is -4.89. The highest BCUT2D eigenvalue weighted by Crippen LogP contribution is 2.36. The third-order valence-electron chi connectivity index (χ3n) is 7.72. The van der Waals surface area contributed by atoms with E-state index in [2.05, 4.69) is 36.3 Å². The Morgan fingerprint density at radius 2 is 1.71 bits per heavy atom. The highest BCUT2D eigenvalue weighted by atomic mass is 19.4. The first-order valence-electron chi connectivity index (χ1n) is 17.1. The Kier molecular flexibility index (Phi) is 12.0. The van der Waals surface area contributed by atoms with Crippen LogP contribution in [0, 0.1) is 0 Å². The van der Waals surface area contributed by atoms with Gasteiger partial charge in [0.2, 0.25) is 5.91 Å². The van der Waals surface area contributed by atoms with Gasteiger partial charge in [-0.25, -0.2) is 4.79 Å². The lowest BCUT2D eigenvalue weighted by molar-refractivity contribution is -0.144. The van der Waals surface area contributed by atoms with Crippen molar-refractivity contribution in [2.24, 2.45) is 0 Å². The highest BCUT2D eigenvalue weighted by molar-refractivity contribution is 5.91. The van der Waals surface area contributed by atoms with Crippen LogP contribution in [-0.2, 0) is 38.3 Å². The number of amides is 3. The first-order chi connectivity index (χ1) is 26.4. The molecule has 0 bridgehead atoms. The summed E-state index contributed by atoms with van der Waals surface area (Å²) in [7, 11) is 0. The van der Waals surface area contributed by atoms with Gasteiger partial charge >= 0.3 is 29.4 Å². The number of hydrogen-bond donors (Lipinski definition) is 4. The minimum absolute atomic E-state index is 0.0206. The molecule has 56 heavy (non-hydrogen) atoms. The molecule has 5 rings (SSSR count).